The Kier molecular flexibility index (Phi) is 6.16. The molecule has 1 amide bonds. The highest BCUT2D eigenvalue weighted by Crippen LogP contribution is 2.37. The first-order valence-corrected chi connectivity index (χ1v) is 12.4. The molecule has 2 aliphatic rings. The first-order valence-electron chi connectivity index (χ1n) is 10.1. The van der Waals surface area contributed by atoms with Crippen molar-refractivity contribution >= 4 is 38.2 Å². The van der Waals surface area contributed by atoms with Crippen LogP contribution in [0.5, 0.6) is 0 Å². The molecule has 0 unspecified atom stereocenters. The van der Waals surface area contributed by atoms with E-state index in [1.807, 2.05) is 7.05 Å². The van der Waals surface area contributed by atoms with E-state index in [9.17, 15) is 18.0 Å². The minimum Gasteiger partial charge on any atom is -0.465 e. The fourth-order valence-electron chi connectivity index (χ4n) is 3.97. The quantitative estimate of drug-likeness (QED) is 0.685. The highest BCUT2D eigenvalue weighted by molar-refractivity contribution is 7.89. The van der Waals surface area contributed by atoms with Gasteiger partial charge in [-0.15, -0.1) is 11.3 Å². The summed E-state index contributed by atoms with van der Waals surface area (Å²) < 4.78 is 31.8. The van der Waals surface area contributed by atoms with Crippen molar-refractivity contribution in [2.75, 3.05) is 39.1 Å². The van der Waals surface area contributed by atoms with E-state index in [1.54, 1.807) is 0 Å². The molecular formula is C21H25N3O5S2. The number of hydrogen-bond donors (Lipinski definition) is 1. The Labute approximate surface area is 185 Å². The number of methoxy groups -OCH3 is 1. The molecule has 2 aliphatic heterocycles. The highest BCUT2D eigenvalue weighted by atomic mass is 32.2. The van der Waals surface area contributed by atoms with Gasteiger partial charge in [0.25, 0.3) is 5.91 Å². The van der Waals surface area contributed by atoms with Crippen LogP contribution in [0.25, 0.3) is 0 Å². The number of fused-ring (bicyclic) bond motifs is 1. The van der Waals surface area contributed by atoms with Gasteiger partial charge in [-0.3, -0.25) is 4.79 Å². The maximum atomic E-state index is 12.8. The van der Waals surface area contributed by atoms with Crippen LogP contribution in [0, 0.1) is 0 Å². The molecule has 8 nitrogen and oxygen atoms in total. The van der Waals surface area contributed by atoms with Crippen molar-refractivity contribution in [1.29, 1.82) is 0 Å². The zero-order valence-corrected chi connectivity index (χ0v) is 19.1. The highest BCUT2D eigenvalue weighted by Gasteiger charge is 2.29. The number of likely N-dealkylation sites (N-methyl/N-ethyl adjacent to an activating group) is 1. The molecule has 4 rings (SSSR count). The summed E-state index contributed by atoms with van der Waals surface area (Å²) in [5, 5.41) is 3.29. The molecule has 1 fully saturated rings. The van der Waals surface area contributed by atoms with Crippen LogP contribution >= 0.6 is 11.3 Å². The summed E-state index contributed by atoms with van der Waals surface area (Å²) in [5.74, 6) is -0.869. The topological polar surface area (TPSA) is 96.0 Å². The third kappa shape index (κ3) is 4.25. The SMILES string of the molecule is COC(=O)c1c(NC(=O)c2ccc(S(=O)(=O)N3CCCC3)cc2)sc2c1CCN(C)C2. The Balaban J connectivity index is 1.57. The zero-order valence-electron chi connectivity index (χ0n) is 17.5. The lowest BCUT2D eigenvalue weighted by molar-refractivity contribution is 0.0600. The Morgan fingerprint density at radius 1 is 1.10 bits per heavy atom. The van der Waals surface area contributed by atoms with Gasteiger partial charge in [-0.05, 0) is 56.1 Å². The number of amides is 1. The number of rotatable bonds is 5. The number of thiophene rings is 1. The maximum absolute atomic E-state index is 12.8. The number of esters is 1. The van der Waals surface area contributed by atoms with Gasteiger partial charge < -0.3 is 15.0 Å². The zero-order chi connectivity index (χ0) is 22.2. The molecule has 0 radical (unpaired) electrons. The van der Waals surface area contributed by atoms with Crippen LogP contribution in [0.2, 0.25) is 0 Å². The van der Waals surface area contributed by atoms with Crippen LogP contribution in [-0.2, 0) is 27.7 Å². The number of anilines is 1. The van der Waals surface area contributed by atoms with Gasteiger partial charge in [-0.2, -0.15) is 4.31 Å². The summed E-state index contributed by atoms with van der Waals surface area (Å²) in [5.41, 5.74) is 1.66. The number of carbonyl (C=O) groups excluding carboxylic acids is 2. The third-order valence-corrected chi connectivity index (χ3v) is 8.73. The Morgan fingerprint density at radius 2 is 1.77 bits per heavy atom. The minimum absolute atomic E-state index is 0.177. The molecule has 3 heterocycles. The molecule has 1 N–H and O–H groups in total. The van der Waals surface area contributed by atoms with Crippen molar-refractivity contribution in [3.05, 3.63) is 45.8 Å². The van der Waals surface area contributed by atoms with Crippen molar-refractivity contribution in [2.24, 2.45) is 0 Å². The molecular weight excluding hydrogens is 438 g/mol. The van der Waals surface area contributed by atoms with Gasteiger partial charge in [0.15, 0.2) is 0 Å². The molecule has 1 aromatic carbocycles. The second-order valence-electron chi connectivity index (χ2n) is 7.78. The molecule has 166 valence electrons. The fourth-order valence-corrected chi connectivity index (χ4v) is 6.80. The normalized spacial score (nSPS) is 17.4. The van der Waals surface area contributed by atoms with Crippen molar-refractivity contribution in [3.63, 3.8) is 0 Å². The summed E-state index contributed by atoms with van der Waals surface area (Å²) in [6, 6.07) is 5.91. The molecule has 0 atom stereocenters. The molecule has 0 spiro atoms. The smallest absolute Gasteiger partial charge is 0.341 e. The molecule has 31 heavy (non-hydrogen) atoms. The van der Waals surface area contributed by atoms with E-state index < -0.39 is 21.9 Å². The van der Waals surface area contributed by atoms with E-state index in [2.05, 4.69) is 10.2 Å². The van der Waals surface area contributed by atoms with Crippen molar-refractivity contribution < 1.29 is 22.7 Å². The average molecular weight is 464 g/mol. The number of benzene rings is 1. The van der Waals surface area contributed by atoms with Crippen LogP contribution in [0.3, 0.4) is 0 Å². The molecule has 0 aliphatic carbocycles. The van der Waals surface area contributed by atoms with Crippen molar-refractivity contribution in [2.45, 2.75) is 30.7 Å². The number of ether oxygens (including phenoxy) is 1. The monoisotopic (exact) mass is 463 g/mol. The number of sulfonamides is 1. The van der Waals surface area contributed by atoms with Gasteiger partial charge in [-0.25, -0.2) is 13.2 Å². The van der Waals surface area contributed by atoms with Crippen LogP contribution in [0.4, 0.5) is 5.00 Å². The van der Waals surface area contributed by atoms with Gasteiger partial charge in [0.2, 0.25) is 10.0 Å². The van der Waals surface area contributed by atoms with Crippen LogP contribution in [0.15, 0.2) is 29.2 Å². The van der Waals surface area contributed by atoms with Crippen molar-refractivity contribution in [1.82, 2.24) is 9.21 Å². The van der Waals surface area contributed by atoms with Crippen LogP contribution < -0.4 is 5.32 Å². The van der Waals surface area contributed by atoms with Crippen LogP contribution in [0.1, 0.15) is 44.0 Å². The predicted octanol–water partition coefficient (Wildman–Crippen LogP) is 2.56. The van der Waals surface area contributed by atoms with E-state index in [-0.39, 0.29) is 4.90 Å². The van der Waals surface area contributed by atoms with Crippen molar-refractivity contribution in [3.8, 4) is 0 Å². The first-order chi connectivity index (χ1) is 14.8. The number of nitrogens with one attached hydrogen (secondary N) is 1. The number of hydrogen-bond acceptors (Lipinski definition) is 7. The van der Waals surface area contributed by atoms with Gasteiger partial charge in [-0.1, -0.05) is 0 Å². The molecule has 1 saturated heterocycles. The predicted molar refractivity (Wildman–Crippen MR) is 118 cm³/mol. The minimum atomic E-state index is -3.53. The molecule has 1 aromatic heterocycles. The summed E-state index contributed by atoms with van der Waals surface area (Å²) in [7, 11) is -0.195. The second-order valence-corrected chi connectivity index (χ2v) is 10.8. The molecule has 10 heteroatoms. The Bertz CT molecular complexity index is 1100. The van der Waals surface area contributed by atoms with Gasteiger partial charge in [0, 0.05) is 36.6 Å². The van der Waals surface area contributed by atoms with Gasteiger partial charge >= 0.3 is 5.97 Å². The largest absolute Gasteiger partial charge is 0.465 e. The van der Waals surface area contributed by atoms with E-state index >= 15 is 0 Å². The van der Waals surface area contributed by atoms with E-state index in [4.69, 9.17) is 4.74 Å². The fraction of sp³-hybridized carbons (Fsp3) is 0.429. The first kappa shape index (κ1) is 21.9. The van der Waals surface area contributed by atoms with Gasteiger partial charge in [0.05, 0.1) is 17.6 Å². The lowest BCUT2D eigenvalue weighted by Gasteiger charge is -2.22. The summed E-state index contributed by atoms with van der Waals surface area (Å²) in [6.45, 7) is 2.59. The Hall–Kier alpha value is -2.27. The Morgan fingerprint density at radius 3 is 2.42 bits per heavy atom. The van der Waals surface area contributed by atoms with Crippen LogP contribution in [-0.4, -0.2) is 63.3 Å². The van der Waals surface area contributed by atoms with E-state index in [0.717, 1.165) is 29.8 Å². The summed E-state index contributed by atoms with van der Waals surface area (Å²) in [6.07, 6.45) is 2.44. The number of carbonyl (C=O) groups is 2. The third-order valence-electron chi connectivity index (χ3n) is 5.68. The second kappa shape index (κ2) is 8.70. The maximum Gasteiger partial charge on any atom is 0.341 e. The standard InChI is InChI=1S/C21H25N3O5S2/c1-23-12-9-16-17(13-23)30-20(18(16)21(26)29-2)22-19(25)14-5-7-15(8-6-14)31(27,28)24-10-3-4-11-24/h5-8H,3-4,9-13H2,1-2H3,(H,22,25). The van der Waals surface area contributed by atoms with E-state index in [1.165, 1.54) is 47.0 Å². The molecule has 0 saturated carbocycles. The lowest BCUT2D eigenvalue weighted by atomic mass is 10.0. The number of nitrogens with zero attached hydrogens (tertiary/aromatic N) is 2. The molecule has 2 aromatic rings. The molecule has 0 bridgehead atoms. The summed E-state index contributed by atoms with van der Waals surface area (Å²) in [4.78, 5) is 28.6. The van der Waals surface area contributed by atoms with Gasteiger partial charge in [0.1, 0.15) is 5.00 Å². The van der Waals surface area contributed by atoms with E-state index in [0.29, 0.717) is 42.2 Å². The lowest BCUT2D eigenvalue weighted by Crippen LogP contribution is -2.27. The summed E-state index contributed by atoms with van der Waals surface area (Å²) >= 11 is 1.38. The average Bonchev–Trinajstić information content (AvgIpc) is 3.41.